The summed E-state index contributed by atoms with van der Waals surface area (Å²) in [5, 5.41) is 11.0. The fourth-order valence-corrected chi connectivity index (χ4v) is 3.23. The van der Waals surface area contributed by atoms with Crippen molar-refractivity contribution in [3.05, 3.63) is 28.2 Å². The zero-order valence-corrected chi connectivity index (χ0v) is 12.3. The van der Waals surface area contributed by atoms with Gasteiger partial charge in [0, 0.05) is 10.2 Å². The Morgan fingerprint density at radius 2 is 2.00 bits per heavy atom. The number of thioether (sulfide) groups is 1. The van der Waals surface area contributed by atoms with Gasteiger partial charge in [-0.1, -0.05) is 15.9 Å². The van der Waals surface area contributed by atoms with E-state index in [-0.39, 0.29) is 16.1 Å². The number of nitrogens with zero attached hydrogens (tertiary/aromatic N) is 1. The molecule has 1 heterocycles. The van der Waals surface area contributed by atoms with Gasteiger partial charge < -0.3 is 15.3 Å². The van der Waals surface area contributed by atoms with Crippen LogP contribution >= 0.6 is 27.7 Å². The lowest BCUT2D eigenvalue weighted by molar-refractivity contribution is -0.140. The summed E-state index contributed by atoms with van der Waals surface area (Å²) in [4.78, 5) is 23.9. The molecule has 1 aromatic rings. The van der Waals surface area contributed by atoms with E-state index >= 15 is 0 Å². The van der Waals surface area contributed by atoms with Crippen molar-refractivity contribution < 1.29 is 23.5 Å². The molecule has 0 aromatic heterocycles. The zero-order chi connectivity index (χ0) is 14.9. The Kier molecular flexibility index (Phi) is 4.48. The number of carboxylic acids is 1. The van der Waals surface area contributed by atoms with E-state index in [1.54, 1.807) is 0 Å². The van der Waals surface area contributed by atoms with Crippen LogP contribution in [0.2, 0.25) is 0 Å². The van der Waals surface area contributed by atoms with Gasteiger partial charge in [-0.05, 0) is 12.1 Å². The third-order valence-corrected chi connectivity index (χ3v) is 4.14. The zero-order valence-electron chi connectivity index (χ0n) is 9.90. The molecule has 2 N–H and O–H groups in total. The first-order chi connectivity index (χ1) is 9.40. The highest BCUT2D eigenvalue weighted by Crippen LogP contribution is 2.26. The summed E-state index contributed by atoms with van der Waals surface area (Å²) in [6, 6.07) is 0.169. The smallest absolute Gasteiger partial charge is 0.327 e. The van der Waals surface area contributed by atoms with Crippen molar-refractivity contribution in [2.75, 3.05) is 16.9 Å². The number of amides is 2. The molecule has 0 saturated carbocycles. The third-order valence-electron chi connectivity index (χ3n) is 2.67. The van der Waals surface area contributed by atoms with Gasteiger partial charge in [-0.15, -0.1) is 11.8 Å². The van der Waals surface area contributed by atoms with Crippen molar-refractivity contribution in [3.63, 3.8) is 0 Å². The highest BCUT2D eigenvalue weighted by Gasteiger charge is 2.35. The van der Waals surface area contributed by atoms with E-state index in [2.05, 4.69) is 21.2 Å². The molecule has 2 amide bonds. The van der Waals surface area contributed by atoms with E-state index in [1.807, 2.05) is 0 Å². The number of carboxylic acid groups (broad SMARTS) is 1. The maximum absolute atomic E-state index is 13.6. The second kappa shape index (κ2) is 5.96. The van der Waals surface area contributed by atoms with Gasteiger partial charge >= 0.3 is 12.0 Å². The fraction of sp³-hybridized carbons (Fsp3) is 0.273. The van der Waals surface area contributed by atoms with Gasteiger partial charge in [-0.2, -0.15) is 0 Å². The quantitative estimate of drug-likeness (QED) is 0.844. The SMILES string of the molecule is O=C(O)[C@@H]1CSCN1C(=O)Nc1c(F)cc(Br)cc1F. The molecule has 0 spiro atoms. The lowest BCUT2D eigenvalue weighted by Gasteiger charge is -2.21. The first kappa shape index (κ1) is 15.0. The monoisotopic (exact) mass is 366 g/mol. The molecule has 0 aliphatic carbocycles. The maximum atomic E-state index is 13.6. The topological polar surface area (TPSA) is 69.6 Å². The molecular weight excluding hydrogens is 358 g/mol. The van der Waals surface area contributed by atoms with Crippen LogP contribution in [0.25, 0.3) is 0 Å². The number of rotatable bonds is 2. The second-order valence-corrected chi connectivity index (χ2v) is 5.91. The second-order valence-electron chi connectivity index (χ2n) is 4.00. The molecule has 1 aliphatic heterocycles. The molecule has 20 heavy (non-hydrogen) atoms. The summed E-state index contributed by atoms with van der Waals surface area (Å²) >= 11 is 4.18. The lowest BCUT2D eigenvalue weighted by atomic mass is 10.3. The Balaban J connectivity index is 2.18. The van der Waals surface area contributed by atoms with Crippen molar-refractivity contribution in [3.8, 4) is 0 Å². The van der Waals surface area contributed by atoms with E-state index < -0.39 is 35.4 Å². The Morgan fingerprint density at radius 1 is 1.40 bits per heavy atom. The maximum Gasteiger partial charge on any atom is 0.327 e. The Morgan fingerprint density at radius 3 is 2.55 bits per heavy atom. The molecule has 1 fully saturated rings. The normalized spacial score (nSPS) is 18.1. The van der Waals surface area contributed by atoms with Crippen LogP contribution in [0.1, 0.15) is 0 Å². The van der Waals surface area contributed by atoms with E-state index in [0.29, 0.717) is 0 Å². The molecule has 9 heteroatoms. The molecule has 0 radical (unpaired) electrons. The lowest BCUT2D eigenvalue weighted by Crippen LogP contribution is -2.44. The third kappa shape index (κ3) is 3.04. The van der Waals surface area contributed by atoms with Gasteiger partial charge in [0.2, 0.25) is 0 Å². The van der Waals surface area contributed by atoms with Crippen LogP contribution in [0.5, 0.6) is 0 Å². The molecule has 5 nitrogen and oxygen atoms in total. The van der Waals surface area contributed by atoms with E-state index in [0.717, 1.165) is 17.0 Å². The summed E-state index contributed by atoms with van der Waals surface area (Å²) in [7, 11) is 0. The Labute approximate surface area is 125 Å². The number of benzene rings is 1. The van der Waals surface area contributed by atoms with E-state index in [4.69, 9.17) is 5.11 Å². The van der Waals surface area contributed by atoms with Gasteiger partial charge in [0.1, 0.15) is 11.7 Å². The van der Waals surface area contributed by atoms with Crippen LogP contribution in [0.3, 0.4) is 0 Å². The van der Waals surface area contributed by atoms with E-state index in [9.17, 15) is 18.4 Å². The summed E-state index contributed by atoms with van der Waals surface area (Å²) in [5.41, 5.74) is -0.598. The minimum absolute atomic E-state index is 0.155. The predicted molar refractivity (Wildman–Crippen MR) is 73.7 cm³/mol. The van der Waals surface area contributed by atoms with Crippen molar-refractivity contribution in [2.24, 2.45) is 0 Å². The molecular formula is C11H9BrF2N2O3S. The minimum atomic E-state index is -1.15. The molecule has 1 aliphatic rings. The van der Waals surface area contributed by atoms with Crippen LogP contribution < -0.4 is 5.32 Å². The number of hydrogen-bond donors (Lipinski definition) is 2. The van der Waals surface area contributed by atoms with Crippen LogP contribution in [-0.2, 0) is 4.79 Å². The average molecular weight is 367 g/mol. The molecule has 2 rings (SSSR count). The summed E-state index contributed by atoms with van der Waals surface area (Å²) in [5.74, 6) is -2.63. The van der Waals surface area contributed by atoms with Crippen LogP contribution in [0.4, 0.5) is 19.3 Å². The molecule has 108 valence electrons. The first-order valence-corrected chi connectivity index (χ1v) is 7.37. The van der Waals surface area contributed by atoms with Gasteiger partial charge in [0.15, 0.2) is 11.6 Å². The highest BCUT2D eigenvalue weighted by molar-refractivity contribution is 9.10. The molecule has 1 atom stereocenters. The summed E-state index contributed by atoms with van der Waals surface area (Å²) < 4.78 is 27.4. The predicted octanol–water partition coefficient (Wildman–Crippen LogP) is 2.72. The first-order valence-electron chi connectivity index (χ1n) is 5.43. The number of urea groups is 1. The molecule has 1 saturated heterocycles. The van der Waals surface area contributed by atoms with Gasteiger partial charge in [0.05, 0.1) is 5.88 Å². The van der Waals surface area contributed by atoms with Crippen molar-refractivity contribution in [1.29, 1.82) is 0 Å². The molecule has 0 bridgehead atoms. The Bertz CT molecular complexity index is 550. The molecule has 0 unspecified atom stereocenters. The van der Waals surface area contributed by atoms with Gasteiger partial charge in [0.25, 0.3) is 0 Å². The van der Waals surface area contributed by atoms with Crippen molar-refractivity contribution in [1.82, 2.24) is 4.90 Å². The average Bonchev–Trinajstić information content (AvgIpc) is 2.82. The van der Waals surface area contributed by atoms with Crippen LogP contribution in [0, 0.1) is 11.6 Å². The number of carbonyl (C=O) groups is 2. The highest BCUT2D eigenvalue weighted by atomic mass is 79.9. The summed E-state index contributed by atoms with van der Waals surface area (Å²) in [6.45, 7) is 0. The number of halogens is 3. The van der Waals surface area contributed by atoms with Gasteiger partial charge in [-0.3, -0.25) is 0 Å². The summed E-state index contributed by atoms with van der Waals surface area (Å²) in [6.07, 6.45) is 0. The number of nitrogens with one attached hydrogen (secondary N) is 1. The fourth-order valence-electron chi connectivity index (χ4n) is 1.69. The number of aliphatic carboxylic acids is 1. The van der Waals surface area contributed by atoms with Crippen LogP contribution in [-0.4, -0.2) is 39.7 Å². The number of hydrogen-bond acceptors (Lipinski definition) is 3. The van der Waals surface area contributed by atoms with Crippen molar-refractivity contribution >= 4 is 45.4 Å². The number of carbonyl (C=O) groups excluding carboxylic acids is 1. The minimum Gasteiger partial charge on any atom is -0.480 e. The Hall–Kier alpha value is -1.35. The standard InChI is InChI=1S/C11H9BrF2N2O3S/c12-5-1-6(13)9(7(14)2-5)15-11(19)16-4-20-3-8(16)10(17)18/h1-2,8H,3-4H2,(H,15,19)(H,17,18)/t8-/m0/s1. The largest absolute Gasteiger partial charge is 0.480 e. The number of anilines is 1. The van der Waals surface area contributed by atoms with Crippen LogP contribution in [0.15, 0.2) is 16.6 Å². The molecule has 1 aromatic carbocycles. The van der Waals surface area contributed by atoms with Gasteiger partial charge in [-0.25, -0.2) is 18.4 Å². The van der Waals surface area contributed by atoms with Crippen molar-refractivity contribution in [2.45, 2.75) is 6.04 Å². The van der Waals surface area contributed by atoms with E-state index in [1.165, 1.54) is 11.8 Å².